The zero-order valence-corrected chi connectivity index (χ0v) is 10.3. The number of hydrogen-bond donors (Lipinski definition) is 0. The molecule has 1 aromatic rings. The molecule has 4 heteroatoms. The summed E-state index contributed by atoms with van der Waals surface area (Å²) in [7, 11) is 0. The number of carbonyl (C=O) groups excluding carboxylic acids is 1. The van der Waals surface area contributed by atoms with Gasteiger partial charge in [-0.2, -0.15) is 0 Å². The van der Waals surface area contributed by atoms with Crippen LogP contribution in [0.3, 0.4) is 0 Å². The summed E-state index contributed by atoms with van der Waals surface area (Å²) in [5, 5.41) is 0.296. The monoisotopic (exact) mass is 256 g/mol. The van der Waals surface area contributed by atoms with Crippen LogP contribution in [0.5, 0.6) is 0 Å². The van der Waals surface area contributed by atoms with E-state index in [1.54, 1.807) is 6.07 Å². The van der Waals surface area contributed by atoms with Gasteiger partial charge in [0.25, 0.3) is 0 Å². The van der Waals surface area contributed by atoms with Crippen LogP contribution in [0.4, 0.5) is 4.39 Å². The lowest BCUT2D eigenvalue weighted by molar-refractivity contribution is -0.128. The summed E-state index contributed by atoms with van der Waals surface area (Å²) in [6.07, 6.45) is 1.30. The summed E-state index contributed by atoms with van der Waals surface area (Å²) in [6, 6.07) is 4.43. The van der Waals surface area contributed by atoms with Gasteiger partial charge in [-0.25, -0.2) is 4.39 Å². The molecule has 2 rings (SSSR count). The molecule has 0 radical (unpaired) electrons. The average Bonchev–Trinajstić information content (AvgIpc) is 2.70. The number of hydrogen-bond acceptors (Lipinski definition) is 2. The van der Waals surface area contributed by atoms with Gasteiger partial charge in [-0.05, 0) is 31.9 Å². The first-order chi connectivity index (χ1) is 8.08. The van der Waals surface area contributed by atoms with Gasteiger partial charge in [0.05, 0.1) is 6.10 Å². The third-order valence-corrected chi connectivity index (χ3v) is 3.36. The molecule has 0 aromatic heterocycles. The first-order valence-electron chi connectivity index (χ1n) is 5.69. The molecule has 0 aliphatic carbocycles. The van der Waals surface area contributed by atoms with Crippen molar-refractivity contribution in [2.45, 2.75) is 38.4 Å². The number of halogens is 2. The number of ether oxygens (including phenoxy) is 1. The van der Waals surface area contributed by atoms with E-state index in [4.69, 9.17) is 16.3 Å². The summed E-state index contributed by atoms with van der Waals surface area (Å²) in [4.78, 5) is 11.9. The predicted octanol–water partition coefficient (Wildman–Crippen LogP) is 3.16. The standard InChI is InChI=1S/C13H14ClFO2/c1-8-5-6-13(17-8)12(16)7-9-10(14)3-2-4-11(9)15/h2-4,8,13H,5-7H2,1H3. The molecule has 17 heavy (non-hydrogen) atoms. The lowest BCUT2D eigenvalue weighted by atomic mass is 10.0. The highest BCUT2D eigenvalue weighted by atomic mass is 35.5. The molecule has 0 amide bonds. The van der Waals surface area contributed by atoms with Gasteiger partial charge in [0.15, 0.2) is 5.78 Å². The van der Waals surface area contributed by atoms with Crippen LogP contribution >= 0.6 is 11.6 Å². The second-order valence-electron chi connectivity index (χ2n) is 4.36. The first-order valence-corrected chi connectivity index (χ1v) is 6.07. The molecule has 1 heterocycles. The highest BCUT2D eigenvalue weighted by Gasteiger charge is 2.28. The van der Waals surface area contributed by atoms with Gasteiger partial charge in [0.1, 0.15) is 11.9 Å². The zero-order valence-electron chi connectivity index (χ0n) is 9.58. The Kier molecular flexibility index (Phi) is 3.79. The molecule has 1 saturated heterocycles. The van der Waals surface area contributed by atoms with Gasteiger partial charge in [-0.1, -0.05) is 17.7 Å². The Hall–Kier alpha value is -0.930. The fraction of sp³-hybridized carbons (Fsp3) is 0.462. The van der Waals surface area contributed by atoms with Crippen molar-refractivity contribution in [1.29, 1.82) is 0 Å². The van der Waals surface area contributed by atoms with E-state index in [9.17, 15) is 9.18 Å². The van der Waals surface area contributed by atoms with Crippen LogP contribution in [0.15, 0.2) is 18.2 Å². The molecule has 2 nitrogen and oxygen atoms in total. The van der Waals surface area contributed by atoms with Gasteiger partial charge in [-0.15, -0.1) is 0 Å². The minimum atomic E-state index is -0.433. The second-order valence-corrected chi connectivity index (χ2v) is 4.76. The van der Waals surface area contributed by atoms with E-state index in [2.05, 4.69) is 0 Å². The van der Waals surface area contributed by atoms with E-state index in [1.807, 2.05) is 6.92 Å². The minimum absolute atomic E-state index is 0.00287. The lowest BCUT2D eigenvalue weighted by Gasteiger charge is -2.11. The molecule has 0 saturated carbocycles. The van der Waals surface area contributed by atoms with E-state index in [-0.39, 0.29) is 23.9 Å². The van der Waals surface area contributed by atoms with Gasteiger partial charge in [-0.3, -0.25) is 4.79 Å². The van der Waals surface area contributed by atoms with E-state index < -0.39 is 11.9 Å². The van der Waals surface area contributed by atoms with Gasteiger partial charge >= 0.3 is 0 Å². The van der Waals surface area contributed by atoms with Gasteiger partial charge in [0, 0.05) is 17.0 Å². The van der Waals surface area contributed by atoms with E-state index >= 15 is 0 Å². The van der Waals surface area contributed by atoms with Crippen molar-refractivity contribution in [3.05, 3.63) is 34.6 Å². The van der Waals surface area contributed by atoms with Crippen molar-refractivity contribution in [3.63, 3.8) is 0 Å². The Labute approximate surface area is 105 Å². The molecule has 2 atom stereocenters. The third kappa shape index (κ3) is 2.85. The molecular formula is C13H14ClFO2. The molecule has 2 unspecified atom stereocenters. The molecular weight excluding hydrogens is 243 g/mol. The summed E-state index contributed by atoms with van der Waals surface area (Å²) in [6.45, 7) is 1.93. The van der Waals surface area contributed by atoms with Crippen molar-refractivity contribution in [1.82, 2.24) is 0 Å². The highest BCUT2D eigenvalue weighted by Crippen LogP contribution is 2.24. The third-order valence-electron chi connectivity index (χ3n) is 3.00. The fourth-order valence-corrected chi connectivity index (χ4v) is 2.26. The highest BCUT2D eigenvalue weighted by molar-refractivity contribution is 6.31. The quantitative estimate of drug-likeness (QED) is 0.830. The van der Waals surface area contributed by atoms with E-state index in [0.717, 1.165) is 6.42 Å². The van der Waals surface area contributed by atoms with Crippen molar-refractivity contribution in [2.24, 2.45) is 0 Å². The van der Waals surface area contributed by atoms with Crippen molar-refractivity contribution in [2.75, 3.05) is 0 Å². The molecule has 1 fully saturated rings. The lowest BCUT2D eigenvalue weighted by Crippen LogP contribution is -2.23. The van der Waals surface area contributed by atoms with Crippen LogP contribution in [0.1, 0.15) is 25.3 Å². The maximum atomic E-state index is 13.5. The summed E-state index contributed by atoms with van der Waals surface area (Å²) in [5.74, 6) is -0.529. The second kappa shape index (κ2) is 5.15. The van der Waals surface area contributed by atoms with E-state index in [1.165, 1.54) is 12.1 Å². The fourth-order valence-electron chi connectivity index (χ4n) is 2.03. The number of benzene rings is 1. The Morgan fingerprint density at radius 2 is 2.29 bits per heavy atom. The Bertz CT molecular complexity index is 413. The minimum Gasteiger partial charge on any atom is -0.367 e. The number of carbonyl (C=O) groups is 1. The normalized spacial score (nSPS) is 23.9. The summed E-state index contributed by atoms with van der Waals surface area (Å²) < 4.78 is 19.0. The molecule has 0 spiro atoms. The van der Waals surface area contributed by atoms with Gasteiger partial charge in [0.2, 0.25) is 0 Å². The van der Waals surface area contributed by atoms with Crippen LogP contribution in [0.25, 0.3) is 0 Å². The predicted molar refractivity (Wildman–Crippen MR) is 63.7 cm³/mol. The van der Waals surface area contributed by atoms with E-state index in [0.29, 0.717) is 11.4 Å². The SMILES string of the molecule is CC1CCC(C(=O)Cc2c(F)cccc2Cl)O1. The van der Waals surface area contributed by atoms with Crippen molar-refractivity contribution < 1.29 is 13.9 Å². The largest absolute Gasteiger partial charge is 0.367 e. The topological polar surface area (TPSA) is 26.3 Å². The Morgan fingerprint density at radius 1 is 1.53 bits per heavy atom. The van der Waals surface area contributed by atoms with Crippen molar-refractivity contribution in [3.8, 4) is 0 Å². The van der Waals surface area contributed by atoms with Crippen LogP contribution in [0, 0.1) is 5.82 Å². The van der Waals surface area contributed by atoms with Crippen LogP contribution in [-0.2, 0) is 16.0 Å². The Morgan fingerprint density at radius 3 is 2.88 bits per heavy atom. The first kappa shape index (κ1) is 12.5. The van der Waals surface area contributed by atoms with Crippen molar-refractivity contribution >= 4 is 17.4 Å². The number of rotatable bonds is 3. The maximum absolute atomic E-state index is 13.5. The smallest absolute Gasteiger partial charge is 0.166 e. The maximum Gasteiger partial charge on any atom is 0.166 e. The zero-order chi connectivity index (χ0) is 12.4. The molecule has 92 valence electrons. The Balaban J connectivity index is 2.08. The summed E-state index contributed by atoms with van der Waals surface area (Å²) >= 11 is 5.88. The van der Waals surface area contributed by atoms with Gasteiger partial charge < -0.3 is 4.74 Å². The number of Topliss-reactive ketones (excluding diaryl/α,β-unsaturated/α-hetero) is 1. The van der Waals surface area contributed by atoms with Crippen LogP contribution in [0.2, 0.25) is 5.02 Å². The van der Waals surface area contributed by atoms with Crippen LogP contribution < -0.4 is 0 Å². The number of ketones is 1. The molecule has 0 bridgehead atoms. The molecule has 0 N–H and O–H groups in total. The summed E-state index contributed by atoms with van der Waals surface area (Å²) in [5.41, 5.74) is 0.266. The average molecular weight is 257 g/mol. The molecule has 1 aromatic carbocycles. The molecule has 1 aliphatic heterocycles. The van der Waals surface area contributed by atoms with Crippen LogP contribution in [-0.4, -0.2) is 18.0 Å². The molecule has 1 aliphatic rings.